The highest BCUT2D eigenvalue weighted by Crippen LogP contribution is 2.44. The molecule has 0 aromatic carbocycles. The molecule has 2 N–H and O–H groups in total. The molecule has 0 radical (unpaired) electrons. The van der Waals surface area contributed by atoms with Crippen LogP contribution in [0, 0.1) is 23.7 Å². The molecule has 19 heavy (non-hydrogen) atoms. The summed E-state index contributed by atoms with van der Waals surface area (Å²) in [6.07, 6.45) is 13.7. The van der Waals surface area contributed by atoms with E-state index in [2.05, 4.69) is 20.8 Å². The summed E-state index contributed by atoms with van der Waals surface area (Å²) in [7, 11) is 0. The van der Waals surface area contributed by atoms with E-state index in [9.17, 15) is 0 Å². The molecule has 0 spiro atoms. The van der Waals surface area contributed by atoms with Crippen LogP contribution in [0.1, 0.15) is 85.0 Å². The van der Waals surface area contributed by atoms with Gasteiger partial charge in [0.25, 0.3) is 0 Å². The van der Waals surface area contributed by atoms with Crippen molar-refractivity contribution in [2.75, 3.05) is 0 Å². The second-order valence-electron chi connectivity index (χ2n) is 7.78. The van der Waals surface area contributed by atoms with Gasteiger partial charge in [-0.05, 0) is 55.8 Å². The zero-order valence-corrected chi connectivity index (χ0v) is 13.5. The fraction of sp³-hybridized carbons (Fsp3) is 1.00. The molecule has 5 atom stereocenters. The summed E-state index contributed by atoms with van der Waals surface area (Å²) in [5.41, 5.74) is 7.08. The summed E-state index contributed by atoms with van der Waals surface area (Å²) in [5.74, 6) is 3.57. The lowest BCUT2D eigenvalue weighted by atomic mass is 9.66. The minimum atomic E-state index is 0.177. The Hall–Kier alpha value is -0.0400. The summed E-state index contributed by atoms with van der Waals surface area (Å²) in [6.45, 7) is 7.19. The topological polar surface area (TPSA) is 26.0 Å². The lowest BCUT2D eigenvalue weighted by Crippen LogP contribution is -2.49. The van der Waals surface area contributed by atoms with Gasteiger partial charge in [-0.2, -0.15) is 0 Å². The van der Waals surface area contributed by atoms with Crippen LogP contribution in [0.3, 0.4) is 0 Å². The molecule has 0 aromatic heterocycles. The van der Waals surface area contributed by atoms with Gasteiger partial charge >= 0.3 is 0 Å². The van der Waals surface area contributed by atoms with Crippen LogP contribution < -0.4 is 5.73 Å². The van der Waals surface area contributed by atoms with Crippen molar-refractivity contribution < 1.29 is 0 Å². The first kappa shape index (κ1) is 15.4. The third-order valence-electron chi connectivity index (χ3n) is 6.38. The van der Waals surface area contributed by atoms with Gasteiger partial charge in [-0.1, -0.05) is 52.9 Å². The highest BCUT2D eigenvalue weighted by molar-refractivity contribution is 4.96. The van der Waals surface area contributed by atoms with Crippen LogP contribution in [-0.4, -0.2) is 5.54 Å². The fourth-order valence-electron chi connectivity index (χ4n) is 4.64. The molecule has 2 saturated carbocycles. The molecule has 1 heteroatoms. The van der Waals surface area contributed by atoms with E-state index >= 15 is 0 Å². The number of hydrogen-bond donors (Lipinski definition) is 1. The van der Waals surface area contributed by atoms with Gasteiger partial charge in [0.05, 0.1) is 0 Å². The molecule has 2 fully saturated rings. The number of rotatable bonds is 3. The van der Waals surface area contributed by atoms with Gasteiger partial charge in [-0.25, -0.2) is 0 Å². The molecule has 112 valence electrons. The monoisotopic (exact) mass is 265 g/mol. The maximum atomic E-state index is 6.90. The van der Waals surface area contributed by atoms with E-state index in [1.54, 1.807) is 0 Å². The number of hydrogen-bond acceptors (Lipinski definition) is 1. The van der Waals surface area contributed by atoms with Crippen LogP contribution in [-0.2, 0) is 0 Å². The van der Waals surface area contributed by atoms with E-state index in [0.29, 0.717) is 0 Å². The van der Waals surface area contributed by atoms with Crippen LogP contribution in [0.15, 0.2) is 0 Å². The SMILES string of the molecule is CCCC1CCCC(N)(C2CCC(C)C(C)C2)CC1. The van der Waals surface area contributed by atoms with Gasteiger partial charge in [0.2, 0.25) is 0 Å². The van der Waals surface area contributed by atoms with Gasteiger partial charge in [0, 0.05) is 5.54 Å². The van der Waals surface area contributed by atoms with Crippen molar-refractivity contribution >= 4 is 0 Å². The molecule has 2 rings (SSSR count). The van der Waals surface area contributed by atoms with Gasteiger partial charge in [-0.15, -0.1) is 0 Å². The third-order valence-corrected chi connectivity index (χ3v) is 6.38. The van der Waals surface area contributed by atoms with Gasteiger partial charge in [-0.3, -0.25) is 0 Å². The second-order valence-corrected chi connectivity index (χ2v) is 7.78. The standard InChI is InChI=1S/C18H35N/c1-4-6-16-7-5-11-18(19,12-10-16)17-9-8-14(2)15(3)13-17/h14-17H,4-13,19H2,1-3H3. The molecular weight excluding hydrogens is 230 g/mol. The first-order valence-corrected chi connectivity index (χ1v) is 8.84. The Labute approximate surface area is 120 Å². The summed E-state index contributed by atoms with van der Waals surface area (Å²) in [5, 5.41) is 0. The average molecular weight is 265 g/mol. The van der Waals surface area contributed by atoms with Crippen LogP contribution in [0.5, 0.6) is 0 Å². The highest BCUT2D eigenvalue weighted by Gasteiger charge is 2.39. The van der Waals surface area contributed by atoms with Crippen LogP contribution >= 0.6 is 0 Å². The molecule has 0 saturated heterocycles. The van der Waals surface area contributed by atoms with Gasteiger partial charge in [0.1, 0.15) is 0 Å². The van der Waals surface area contributed by atoms with E-state index in [0.717, 1.165) is 23.7 Å². The van der Waals surface area contributed by atoms with Crippen molar-refractivity contribution in [3.8, 4) is 0 Å². The molecule has 5 unspecified atom stereocenters. The summed E-state index contributed by atoms with van der Waals surface area (Å²) in [4.78, 5) is 0. The van der Waals surface area contributed by atoms with Crippen molar-refractivity contribution in [2.24, 2.45) is 29.4 Å². The summed E-state index contributed by atoms with van der Waals surface area (Å²) >= 11 is 0. The smallest absolute Gasteiger partial charge is 0.0183 e. The van der Waals surface area contributed by atoms with Gasteiger partial charge in [0.15, 0.2) is 0 Å². The lowest BCUT2D eigenvalue weighted by molar-refractivity contribution is 0.120. The van der Waals surface area contributed by atoms with E-state index in [4.69, 9.17) is 5.73 Å². The minimum absolute atomic E-state index is 0.177. The lowest BCUT2D eigenvalue weighted by Gasteiger charge is -2.43. The predicted molar refractivity (Wildman–Crippen MR) is 84.1 cm³/mol. The highest BCUT2D eigenvalue weighted by atomic mass is 14.8. The fourth-order valence-corrected chi connectivity index (χ4v) is 4.64. The van der Waals surface area contributed by atoms with E-state index < -0.39 is 0 Å². The normalized spacial score (nSPS) is 44.8. The van der Waals surface area contributed by atoms with E-state index in [1.165, 1.54) is 64.2 Å². The maximum absolute atomic E-state index is 6.90. The zero-order chi connectivity index (χ0) is 13.9. The first-order chi connectivity index (χ1) is 9.05. The van der Waals surface area contributed by atoms with Crippen molar-refractivity contribution in [2.45, 2.75) is 90.5 Å². The molecule has 2 aliphatic rings. The Bertz CT molecular complexity index is 275. The number of nitrogens with two attached hydrogens (primary N) is 1. The summed E-state index contributed by atoms with van der Waals surface area (Å²) < 4.78 is 0. The second kappa shape index (κ2) is 6.61. The van der Waals surface area contributed by atoms with E-state index in [1.807, 2.05) is 0 Å². The maximum Gasteiger partial charge on any atom is 0.0183 e. The third kappa shape index (κ3) is 3.74. The molecule has 0 aromatic rings. The van der Waals surface area contributed by atoms with Crippen molar-refractivity contribution in [3.63, 3.8) is 0 Å². The van der Waals surface area contributed by atoms with Crippen LogP contribution in [0.4, 0.5) is 0 Å². The van der Waals surface area contributed by atoms with Crippen molar-refractivity contribution in [1.82, 2.24) is 0 Å². The Morgan fingerprint density at radius 3 is 2.47 bits per heavy atom. The van der Waals surface area contributed by atoms with Crippen LogP contribution in [0.2, 0.25) is 0 Å². The molecule has 0 heterocycles. The molecule has 1 nitrogen and oxygen atoms in total. The Balaban J connectivity index is 1.94. The quantitative estimate of drug-likeness (QED) is 0.703. The van der Waals surface area contributed by atoms with E-state index in [-0.39, 0.29) is 5.54 Å². The first-order valence-electron chi connectivity index (χ1n) is 8.84. The largest absolute Gasteiger partial charge is 0.325 e. The van der Waals surface area contributed by atoms with Crippen LogP contribution in [0.25, 0.3) is 0 Å². The molecular formula is C18H35N. The molecule has 0 aliphatic heterocycles. The Morgan fingerprint density at radius 2 is 1.79 bits per heavy atom. The zero-order valence-electron chi connectivity index (χ0n) is 13.5. The minimum Gasteiger partial charge on any atom is -0.325 e. The summed E-state index contributed by atoms with van der Waals surface area (Å²) in [6, 6.07) is 0. The molecule has 0 amide bonds. The predicted octanol–water partition coefficient (Wildman–Crippen LogP) is 5.14. The average Bonchev–Trinajstić information content (AvgIpc) is 2.57. The Morgan fingerprint density at radius 1 is 1.00 bits per heavy atom. The van der Waals surface area contributed by atoms with Crippen molar-refractivity contribution in [1.29, 1.82) is 0 Å². The van der Waals surface area contributed by atoms with Gasteiger partial charge < -0.3 is 5.73 Å². The molecule has 0 bridgehead atoms. The molecule has 2 aliphatic carbocycles. The van der Waals surface area contributed by atoms with Crippen molar-refractivity contribution in [3.05, 3.63) is 0 Å². The Kier molecular flexibility index (Phi) is 5.34.